The molecule has 3 rings (SSSR count). The summed E-state index contributed by atoms with van der Waals surface area (Å²) in [5.74, 6) is 0. The van der Waals surface area contributed by atoms with E-state index in [-0.39, 0.29) is 25.2 Å². The number of aromatic nitrogens is 1. The predicted octanol–water partition coefficient (Wildman–Crippen LogP) is 0.867. The number of hydrogen-bond donors (Lipinski definition) is 4. The number of pyridine rings is 1. The van der Waals surface area contributed by atoms with Crippen LogP contribution in [0.1, 0.15) is 5.69 Å². The molecule has 2 heterocycles. The zero-order valence-electron chi connectivity index (χ0n) is 16.4. The number of urea groups is 1. The third kappa shape index (κ3) is 5.74. The minimum absolute atomic E-state index is 0.213. The maximum atomic E-state index is 12.2. The van der Waals surface area contributed by atoms with E-state index in [2.05, 4.69) is 15.6 Å². The zero-order chi connectivity index (χ0) is 20.6. The second-order valence-electron chi connectivity index (χ2n) is 7.13. The minimum atomic E-state index is -0.849. The van der Waals surface area contributed by atoms with Crippen LogP contribution in [0.25, 0.3) is 0 Å². The van der Waals surface area contributed by atoms with E-state index >= 15 is 0 Å². The highest BCUT2D eigenvalue weighted by atomic mass is 16.5. The number of amides is 2. The zero-order valence-corrected chi connectivity index (χ0v) is 16.4. The number of anilines is 1. The van der Waals surface area contributed by atoms with Crippen LogP contribution in [0.2, 0.25) is 0 Å². The van der Waals surface area contributed by atoms with Gasteiger partial charge in [0.15, 0.2) is 0 Å². The summed E-state index contributed by atoms with van der Waals surface area (Å²) in [6.07, 6.45) is 0.498. The van der Waals surface area contributed by atoms with Gasteiger partial charge in [-0.3, -0.25) is 9.88 Å². The van der Waals surface area contributed by atoms with Gasteiger partial charge >= 0.3 is 6.03 Å². The van der Waals surface area contributed by atoms with E-state index in [0.29, 0.717) is 12.2 Å². The van der Waals surface area contributed by atoms with Crippen molar-refractivity contribution in [3.05, 3.63) is 60.4 Å². The highest BCUT2D eigenvalue weighted by Gasteiger charge is 2.45. The maximum Gasteiger partial charge on any atom is 0.319 e. The lowest BCUT2D eigenvalue weighted by atomic mass is 10.0. The number of nitrogens with one attached hydrogen (secondary N) is 2. The van der Waals surface area contributed by atoms with Crippen molar-refractivity contribution in [3.63, 3.8) is 0 Å². The summed E-state index contributed by atoms with van der Waals surface area (Å²) in [4.78, 5) is 18.5. The van der Waals surface area contributed by atoms with Crippen LogP contribution in [0.5, 0.6) is 0 Å². The second kappa shape index (κ2) is 10.3. The monoisotopic (exact) mass is 400 g/mol. The Morgan fingerprint density at radius 3 is 2.62 bits per heavy atom. The Hall–Kier alpha value is -2.52. The van der Waals surface area contributed by atoms with Crippen molar-refractivity contribution in [1.29, 1.82) is 0 Å². The van der Waals surface area contributed by atoms with Crippen LogP contribution in [0.3, 0.4) is 0 Å². The first-order chi connectivity index (χ1) is 14.1. The number of likely N-dealkylation sites (N-methyl/N-ethyl adjacent to an activating group) is 1. The summed E-state index contributed by atoms with van der Waals surface area (Å²) in [6, 6.07) is 14.2. The first-order valence-corrected chi connectivity index (χ1v) is 9.73. The van der Waals surface area contributed by atoms with E-state index in [9.17, 15) is 15.0 Å². The highest BCUT2D eigenvalue weighted by molar-refractivity contribution is 5.89. The van der Waals surface area contributed by atoms with Crippen LogP contribution in [0.15, 0.2) is 54.7 Å². The van der Waals surface area contributed by atoms with Crippen molar-refractivity contribution in [1.82, 2.24) is 15.2 Å². The van der Waals surface area contributed by atoms with Crippen molar-refractivity contribution >= 4 is 11.7 Å². The molecule has 1 aromatic heterocycles. The van der Waals surface area contributed by atoms with E-state index in [1.165, 1.54) is 0 Å². The lowest BCUT2D eigenvalue weighted by molar-refractivity contribution is -0.0205. The number of carbonyl (C=O) groups is 1. The largest absolute Gasteiger partial charge is 0.394 e. The molecular formula is C21H28N4O4. The lowest BCUT2D eigenvalue weighted by Gasteiger charge is -2.30. The smallest absolute Gasteiger partial charge is 0.319 e. The van der Waals surface area contributed by atoms with Crippen molar-refractivity contribution in [2.75, 3.05) is 32.1 Å². The molecule has 0 spiro atoms. The predicted molar refractivity (Wildman–Crippen MR) is 110 cm³/mol. The molecule has 0 aliphatic carbocycles. The first kappa shape index (κ1) is 21.2. The Morgan fingerprint density at radius 1 is 1.17 bits per heavy atom. The van der Waals surface area contributed by atoms with Gasteiger partial charge in [0, 0.05) is 37.1 Å². The van der Waals surface area contributed by atoms with Crippen LogP contribution in [0, 0.1) is 0 Å². The normalized spacial score (nSPS) is 23.9. The van der Waals surface area contributed by atoms with Gasteiger partial charge in [0.05, 0.1) is 18.8 Å². The van der Waals surface area contributed by atoms with E-state index in [4.69, 9.17) is 4.74 Å². The minimum Gasteiger partial charge on any atom is -0.394 e. The lowest BCUT2D eigenvalue weighted by Crippen LogP contribution is -2.50. The molecule has 8 nitrogen and oxygen atoms in total. The molecule has 1 fully saturated rings. The summed E-state index contributed by atoms with van der Waals surface area (Å²) in [7, 11) is 1.90. The van der Waals surface area contributed by atoms with Gasteiger partial charge in [-0.25, -0.2) is 4.79 Å². The van der Waals surface area contributed by atoms with E-state index in [1.807, 2.05) is 48.3 Å². The van der Waals surface area contributed by atoms with Crippen LogP contribution in [-0.2, 0) is 11.2 Å². The fourth-order valence-corrected chi connectivity index (χ4v) is 3.57. The molecule has 1 saturated heterocycles. The molecule has 1 aliphatic heterocycles. The maximum absolute atomic E-state index is 12.2. The second-order valence-corrected chi connectivity index (χ2v) is 7.13. The molecule has 2 aromatic rings. The molecule has 156 valence electrons. The Morgan fingerprint density at radius 2 is 1.93 bits per heavy atom. The number of nitrogens with zero attached hydrogens (tertiary/aromatic N) is 2. The molecule has 4 atom stereocenters. The summed E-state index contributed by atoms with van der Waals surface area (Å²) in [5, 5.41) is 25.7. The van der Waals surface area contributed by atoms with E-state index in [1.54, 1.807) is 18.3 Å². The third-order valence-corrected chi connectivity index (χ3v) is 5.09. The first-order valence-electron chi connectivity index (χ1n) is 9.73. The van der Waals surface area contributed by atoms with E-state index < -0.39 is 18.3 Å². The van der Waals surface area contributed by atoms with Gasteiger partial charge in [0.1, 0.15) is 12.2 Å². The molecule has 8 heteroatoms. The standard InChI is InChI=1S/C21H28N4O4/c1-25(12-10-15-7-5-6-11-22-15)19-17(29-18(14-26)20(19)27)13-23-21(28)24-16-8-3-2-4-9-16/h2-9,11,17-20,26-27H,10,12-14H2,1H3,(H2,23,24,28)/t17-,18+,19+,20-/m1/s1. The van der Waals surface area contributed by atoms with Crippen LogP contribution in [0.4, 0.5) is 10.5 Å². The Kier molecular flexibility index (Phi) is 7.54. The average Bonchev–Trinajstić information content (AvgIpc) is 3.07. The van der Waals surface area contributed by atoms with Gasteiger partial charge in [-0.05, 0) is 31.3 Å². The molecule has 4 N–H and O–H groups in total. The Balaban J connectivity index is 1.57. The number of benzene rings is 1. The molecule has 0 saturated carbocycles. The van der Waals surface area contributed by atoms with Gasteiger partial charge in [-0.2, -0.15) is 0 Å². The molecule has 1 aromatic carbocycles. The summed E-state index contributed by atoms with van der Waals surface area (Å²) in [5.41, 5.74) is 1.65. The number of para-hydroxylation sites is 1. The van der Waals surface area contributed by atoms with Crippen LogP contribution in [-0.4, -0.2) is 77.2 Å². The summed E-state index contributed by atoms with van der Waals surface area (Å²) >= 11 is 0. The van der Waals surface area contributed by atoms with Gasteiger partial charge in [-0.15, -0.1) is 0 Å². The van der Waals surface area contributed by atoms with Crippen molar-refractivity contribution < 1.29 is 19.7 Å². The quantitative estimate of drug-likeness (QED) is 0.524. The molecule has 0 unspecified atom stereocenters. The van der Waals surface area contributed by atoms with Gasteiger partial charge < -0.3 is 25.6 Å². The Bertz CT molecular complexity index is 762. The summed E-state index contributed by atoms with van der Waals surface area (Å²) in [6.45, 7) is 0.593. The molecule has 29 heavy (non-hydrogen) atoms. The third-order valence-electron chi connectivity index (χ3n) is 5.09. The highest BCUT2D eigenvalue weighted by Crippen LogP contribution is 2.25. The fraction of sp³-hybridized carbons (Fsp3) is 0.429. The fourth-order valence-electron chi connectivity index (χ4n) is 3.57. The van der Waals surface area contributed by atoms with Crippen LogP contribution >= 0.6 is 0 Å². The number of rotatable bonds is 8. The molecular weight excluding hydrogens is 372 g/mol. The van der Waals surface area contributed by atoms with Crippen LogP contribution < -0.4 is 10.6 Å². The summed E-state index contributed by atoms with van der Waals surface area (Å²) < 4.78 is 5.81. The van der Waals surface area contributed by atoms with Gasteiger partial charge in [0.25, 0.3) is 0 Å². The Labute approximate surface area is 170 Å². The van der Waals surface area contributed by atoms with Crippen molar-refractivity contribution in [2.24, 2.45) is 0 Å². The van der Waals surface area contributed by atoms with Crippen molar-refractivity contribution in [3.8, 4) is 0 Å². The van der Waals surface area contributed by atoms with Gasteiger partial charge in [-0.1, -0.05) is 24.3 Å². The molecule has 0 radical (unpaired) electrons. The number of aliphatic hydroxyl groups excluding tert-OH is 2. The number of hydrogen-bond acceptors (Lipinski definition) is 6. The van der Waals surface area contributed by atoms with Gasteiger partial charge in [0.2, 0.25) is 0 Å². The number of carbonyl (C=O) groups excluding carboxylic acids is 1. The number of aliphatic hydroxyl groups is 2. The topological polar surface area (TPSA) is 107 Å². The molecule has 0 bridgehead atoms. The van der Waals surface area contributed by atoms with Crippen molar-refractivity contribution in [2.45, 2.75) is 30.8 Å². The SMILES string of the molecule is CN(CCc1ccccn1)[C@@H]1[C@H](O)[C@H](CO)O[C@@H]1CNC(=O)Nc1ccccc1. The average molecular weight is 400 g/mol. The van der Waals surface area contributed by atoms with E-state index in [0.717, 1.165) is 12.1 Å². The number of ether oxygens (including phenoxy) is 1. The molecule has 1 aliphatic rings. The molecule has 2 amide bonds.